The van der Waals surface area contributed by atoms with Crippen molar-refractivity contribution in [3.8, 4) is 0 Å². The van der Waals surface area contributed by atoms with Gasteiger partial charge in [-0.15, -0.1) is 0 Å². The average molecular weight is 334 g/mol. The predicted molar refractivity (Wildman–Crippen MR) is 76.7 cm³/mol. The molecular weight excluding hydrogens is 317 g/mol. The topological polar surface area (TPSA) is 67.6 Å². The van der Waals surface area contributed by atoms with Crippen LogP contribution in [0, 0.1) is 5.82 Å². The number of nitrogens with zero attached hydrogens (tertiary/aromatic N) is 1. The third kappa shape index (κ3) is 4.68. The van der Waals surface area contributed by atoms with Crippen molar-refractivity contribution in [3.63, 3.8) is 0 Å². The summed E-state index contributed by atoms with van der Waals surface area (Å²) in [7, 11) is 3.23. The molecule has 5 nitrogen and oxygen atoms in total. The Bertz CT molecular complexity index is 457. The molecule has 0 fully saturated rings. The van der Waals surface area contributed by atoms with E-state index < -0.39 is 5.82 Å². The number of ether oxygens (including phenoxy) is 1. The van der Waals surface area contributed by atoms with Crippen LogP contribution in [0.2, 0.25) is 0 Å². The number of nitrogen functional groups attached to an aromatic ring is 1. The van der Waals surface area contributed by atoms with E-state index in [4.69, 9.17) is 10.5 Å². The minimum atomic E-state index is -0.421. The van der Waals surface area contributed by atoms with Crippen LogP contribution in [-0.4, -0.2) is 39.8 Å². The lowest BCUT2D eigenvalue weighted by atomic mass is 10.2. The van der Waals surface area contributed by atoms with Crippen LogP contribution in [0.15, 0.2) is 16.6 Å². The number of nitrogens with one attached hydrogen (secondary N) is 1. The van der Waals surface area contributed by atoms with Gasteiger partial charge in [-0.25, -0.2) is 4.39 Å². The number of amides is 1. The minimum absolute atomic E-state index is 0.0922. The van der Waals surface area contributed by atoms with Crippen molar-refractivity contribution in [3.05, 3.63) is 22.4 Å². The predicted octanol–water partition coefficient (Wildman–Crippen LogP) is 1.37. The van der Waals surface area contributed by atoms with Crippen LogP contribution in [0.3, 0.4) is 0 Å². The molecule has 0 aliphatic heterocycles. The Balaban J connectivity index is 2.65. The summed E-state index contributed by atoms with van der Waals surface area (Å²) in [6.07, 6.45) is 0. The molecule has 0 spiro atoms. The van der Waals surface area contributed by atoms with Crippen LogP contribution in [-0.2, 0) is 9.53 Å². The van der Waals surface area contributed by atoms with Crippen molar-refractivity contribution in [1.82, 2.24) is 5.32 Å². The van der Waals surface area contributed by atoms with E-state index in [2.05, 4.69) is 21.2 Å². The number of hydrogen-bond donors (Lipinski definition) is 2. The molecule has 0 atom stereocenters. The van der Waals surface area contributed by atoms with Gasteiger partial charge in [0.25, 0.3) is 0 Å². The van der Waals surface area contributed by atoms with Crippen molar-refractivity contribution in [2.45, 2.75) is 0 Å². The van der Waals surface area contributed by atoms with Gasteiger partial charge in [0, 0.05) is 26.8 Å². The van der Waals surface area contributed by atoms with Crippen LogP contribution < -0.4 is 16.0 Å². The van der Waals surface area contributed by atoms with E-state index in [-0.39, 0.29) is 12.5 Å². The molecule has 0 bridgehead atoms. The normalized spacial score (nSPS) is 10.3. The van der Waals surface area contributed by atoms with Gasteiger partial charge in [-0.05, 0) is 22.0 Å². The van der Waals surface area contributed by atoms with Gasteiger partial charge in [0.15, 0.2) is 0 Å². The number of anilines is 2. The number of hydrogen-bond acceptors (Lipinski definition) is 4. The first-order valence-corrected chi connectivity index (χ1v) is 6.46. The summed E-state index contributed by atoms with van der Waals surface area (Å²) in [4.78, 5) is 13.2. The van der Waals surface area contributed by atoms with E-state index in [9.17, 15) is 9.18 Å². The Labute approximate surface area is 120 Å². The zero-order valence-corrected chi connectivity index (χ0v) is 12.5. The molecule has 1 aromatic rings. The lowest BCUT2D eigenvalue weighted by Gasteiger charge is -2.21. The van der Waals surface area contributed by atoms with Crippen molar-refractivity contribution >= 4 is 33.2 Å². The fraction of sp³-hybridized carbons (Fsp3) is 0.417. The van der Waals surface area contributed by atoms with Crippen molar-refractivity contribution in [2.24, 2.45) is 0 Å². The molecule has 1 aromatic carbocycles. The van der Waals surface area contributed by atoms with E-state index in [1.165, 1.54) is 12.1 Å². The second-order valence-electron chi connectivity index (χ2n) is 4.02. The first-order chi connectivity index (χ1) is 8.95. The Morgan fingerprint density at radius 2 is 2.26 bits per heavy atom. The molecule has 0 aromatic heterocycles. The summed E-state index contributed by atoms with van der Waals surface area (Å²) in [6.45, 7) is 0.979. The highest BCUT2D eigenvalue weighted by atomic mass is 79.9. The lowest BCUT2D eigenvalue weighted by Crippen LogP contribution is -2.36. The zero-order chi connectivity index (χ0) is 14.4. The molecule has 0 radical (unpaired) electrons. The maximum Gasteiger partial charge on any atom is 0.239 e. The first kappa shape index (κ1) is 15.7. The fourth-order valence-electron chi connectivity index (χ4n) is 1.53. The van der Waals surface area contributed by atoms with Gasteiger partial charge in [0.1, 0.15) is 5.82 Å². The lowest BCUT2D eigenvalue weighted by molar-refractivity contribution is -0.119. The van der Waals surface area contributed by atoms with E-state index in [1.54, 1.807) is 19.1 Å². The van der Waals surface area contributed by atoms with Crippen LogP contribution in [0.4, 0.5) is 15.8 Å². The molecule has 1 rings (SSSR count). The number of halogens is 2. The maximum atomic E-state index is 13.5. The fourth-order valence-corrected chi connectivity index (χ4v) is 1.89. The molecule has 19 heavy (non-hydrogen) atoms. The number of carbonyl (C=O) groups excluding carboxylic acids is 1. The summed E-state index contributed by atoms with van der Waals surface area (Å²) in [6, 6.07) is 2.77. The van der Waals surface area contributed by atoms with E-state index in [0.717, 1.165) is 0 Å². The number of methoxy groups -OCH3 is 1. The Kier molecular flexibility index (Phi) is 6.04. The van der Waals surface area contributed by atoms with Gasteiger partial charge < -0.3 is 20.7 Å². The molecule has 1 amide bonds. The number of rotatable bonds is 6. The molecule has 7 heteroatoms. The SMILES string of the molecule is COCCNC(=O)CN(C)c1cc(F)c(Br)cc1N. The van der Waals surface area contributed by atoms with Crippen molar-refractivity contribution in [2.75, 3.05) is 44.5 Å². The Hall–Kier alpha value is -1.34. The van der Waals surface area contributed by atoms with Crippen LogP contribution in [0.1, 0.15) is 0 Å². The van der Waals surface area contributed by atoms with Gasteiger partial charge in [0.2, 0.25) is 5.91 Å². The second-order valence-corrected chi connectivity index (χ2v) is 4.88. The second kappa shape index (κ2) is 7.30. The molecule has 0 aliphatic rings. The molecule has 0 heterocycles. The summed E-state index contributed by atoms with van der Waals surface area (Å²) >= 11 is 3.06. The summed E-state index contributed by atoms with van der Waals surface area (Å²) in [5.74, 6) is -0.599. The molecule has 0 saturated carbocycles. The number of likely N-dealkylation sites (N-methyl/N-ethyl adjacent to an activating group) is 1. The number of carbonyl (C=O) groups is 1. The quantitative estimate of drug-likeness (QED) is 0.609. The number of benzene rings is 1. The van der Waals surface area contributed by atoms with Crippen LogP contribution in [0.5, 0.6) is 0 Å². The minimum Gasteiger partial charge on any atom is -0.397 e. The maximum absolute atomic E-state index is 13.5. The largest absolute Gasteiger partial charge is 0.397 e. The molecule has 106 valence electrons. The molecular formula is C12H17BrFN3O2. The first-order valence-electron chi connectivity index (χ1n) is 5.67. The number of nitrogens with two attached hydrogens (primary N) is 1. The smallest absolute Gasteiger partial charge is 0.239 e. The third-order valence-electron chi connectivity index (χ3n) is 2.49. The molecule has 3 N–H and O–H groups in total. The van der Waals surface area contributed by atoms with Gasteiger partial charge >= 0.3 is 0 Å². The van der Waals surface area contributed by atoms with Gasteiger partial charge in [-0.3, -0.25) is 4.79 Å². The highest BCUT2D eigenvalue weighted by Crippen LogP contribution is 2.28. The summed E-state index contributed by atoms with van der Waals surface area (Å²) < 4.78 is 18.6. The monoisotopic (exact) mass is 333 g/mol. The third-order valence-corrected chi connectivity index (χ3v) is 3.10. The Morgan fingerprint density at radius 3 is 2.89 bits per heavy atom. The van der Waals surface area contributed by atoms with E-state index >= 15 is 0 Å². The molecule has 0 aliphatic carbocycles. The van der Waals surface area contributed by atoms with Crippen LogP contribution in [0.25, 0.3) is 0 Å². The molecule has 0 unspecified atom stereocenters. The van der Waals surface area contributed by atoms with E-state index in [1.807, 2.05) is 0 Å². The average Bonchev–Trinajstić information content (AvgIpc) is 2.34. The van der Waals surface area contributed by atoms with Crippen LogP contribution >= 0.6 is 15.9 Å². The Morgan fingerprint density at radius 1 is 1.58 bits per heavy atom. The van der Waals surface area contributed by atoms with Crippen molar-refractivity contribution in [1.29, 1.82) is 0 Å². The highest BCUT2D eigenvalue weighted by molar-refractivity contribution is 9.10. The standard InChI is InChI=1S/C12H17BrFN3O2/c1-17(7-12(18)16-3-4-19-2)11-6-9(14)8(13)5-10(11)15/h5-6H,3-4,7,15H2,1-2H3,(H,16,18). The molecule has 0 saturated heterocycles. The van der Waals surface area contributed by atoms with Crippen molar-refractivity contribution < 1.29 is 13.9 Å². The zero-order valence-electron chi connectivity index (χ0n) is 10.9. The highest BCUT2D eigenvalue weighted by Gasteiger charge is 2.12. The van der Waals surface area contributed by atoms with E-state index in [0.29, 0.717) is 29.0 Å². The van der Waals surface area contributed by atoms with Gasteiger partial charge in [0.05, 0.1) is 29.0 Å². The summed E-state index contributed by atoms with van der Waals surface area (Å²) in [5, 5.41) is 2.68. The van der Waals surface area contributed by atoms with Gasteiger partial charge in [-0.2, -0.15) is 0 Å². The van der Waals surface area contributed by atoms with Gasteiger partial charge in [-0.1, -0.05) is 0 Å². The summed E-state index contributed by atoms with van der Waals surface area (Å²) in [5.41, 5.74) is 6.68.